The zero-order valence-electron chi connectivity index (χ0n) is 10.0. The number of benzene rings is 1. The van der Waals surface area contributed by atoms with Gasteiger partial charge in [0.05, 0.1) is 6.61 Å². The first-order valence-electron chi connectivity index (χ1n) is 5.30. The summed E-state index contributed by atoms with van der Waals surface area (Å²) >= 11 is 0. The van der Waals surface area contributed by atoms with E-state index in [9.17, 15) is 0 Å². The summed E-state index contributed by atoms with van der Waals surface area (Å²) in [5.74, 6) is 0.858. The van der Waals surface area contributed by atoms with Crippen LogP contribution in [-0.2, 0) is 5.41 Å². The molecule has 1 aromatic carbocycles. The van der Waals surface area contributed by atoms with Crippen LogP contribution in [0.1, 0.15) is 31.9 Å². The van der Waals surface area contributed by atoms with Gasteiger partial charge in [-0.15, -0.1) is 0 Å². The van der Waals surface area contributed by atoms with Gasteiger partial charge in [0.1, 0.15) is 12.4 Å². The number of hydrogen-bond acceptors (Lipinski definition) is 2. The summed E-state index contributed by atoms with van der Waals surface area (Å²) in [6.45, 7) is 9.01. The third-order valence-electron chi connectivity index (χ3n) is 2.39. The van der Waals surface area contributed by atoms with Crippen molar-refractivity contribution in [3.8, 4) is 5.75 Å². The van der Waals surface area contributed by atoms with Crippen molar-refractivity contribution in [1.82, 2.24) is 0 Å². The molecule has 0 unspecified atom stereocenters. The molecule has 0 atom stereocenters. The number of aliphatic hydroxyl groups excluding tert-OH is 1. The van der Waals surface area contributed by atoms with Crippen LogP contribution in [0.3, 0.4) is 0 Å². The van der Waals surface area contributed by atoms with Crippen molar-refractivity contribution < 1.29 is 9.84 Å². The van der Waals surface area contributed by atoms with Crippen LogP contribution in [0.2, 0.25) is 0 Å². The lowest BCUT2D eigenvalue weighted by Crippen LogP contribution is -2.11. The summed E-state index contributed by atoms with van der Waals surface area (Å²) in [6, 6.07) is 6.21. The molecule has 0 aliphatic rings. The van der Waals surface area contributed by atoms with Crippen LogP contribution in [0, 0.1) is 6.92 Å². The lowest BCUT2D eigenvalue weighted by molar-refractivity contribution is 0.200. The van der Waals surface area contributed by atoms with Crippen molar-refractivity contribution in [2.45, 2.75) is 33.1 Å². The Balaban J connectivity index is 2.88. The van der Waals surface area contributed by atoms with E-state index >= 15 is 0 Å². The smallest absolute Gasteiger partial charge is 0.122 e. The van der Waals surface area contributed by atoms with E-state index in [4.69, 9.17) is 9.84 Å². The van der Waals surface area contributed by atoms with Gasteiger partial charge in [-0.2, -0.15) is 0 Å². The standard InChI is InChI=1S/C13H20O2/c1-10-9-11(13(2,3)4)5-6-12(10)15-8-7-14/h5-6,9,14H,7-8H2,1-4H3. The summed E-state index contributed by atoms with van der Waals surface area (Å²) in [5.41, 5.74) is 2.59. The fourth-order valence-corrected chi connectivity index (χ4v) is 1.43. The minimum atomic E-state index is 0.0560. The Labute approximate surface area is 91.9 Å². The van der Waals surface area contributed by atoms with E-state index in [2.05, 4.69) is 32.9 Å². The molecule has 84 valence electrons. The molecule has 0 bridgehead atoms. The van der Waals surface area contributed by atoms with Crippen LogP contribution in [0.5, 0.6) is 5.75 Å². The van der Waals surface area contributed by atoms with Gasteiger partial charge in [0.25, 0.3) is 0 Å². The predicted octanol–water partition coefficient (Wildman–Crippen LogP) is 2.66. The molecule has 0 spiro atoms. The highest BCUT2D eigenvalue weighted by Gasteiger charge is 2.14. The third kappa shape index (κ3) is 3.24. The predicted molar refractivity (Wildman–Crippen MR) is 62.5 cm³/mol. The number of aliphatic hydroxyl groups is 1. The fraction of sp³-hybridized carbons (Fsp3) is 0.538. The van der Waals surface area contributed by atoms with Crippen LogP contribution in [0.25, 0.3) is 0 Å². The van der Waals surface area contributed by atoms with Gasteiger partial charge in [0.15, 0.2) is 0 Å². The molecule has 0 aliphatic carbocycles. The second kappa shape index (κ2) is 4.67. The molecule has 1 aromatic rings. The zero-order valence-corrected chi connectivity index (χ0v) is 10.0. The highest BCUT2D eigenvalue weighted by molar-refractivity contribution is 5.38. The van der Waals surface area contributed by atoms with Crippen LogP contribution >= 0.6 is 0 Å². The van der Waals surface area contributed by atoms with E-state index in [1.165, 1.54) is 5.56 Å². The number of ether oxygens (including phenoxy) is 1. The van der Waals surface area contributed by atoms with E-state index in [1.54, 1.807) is 0 Å². The Morgan fingerprint density at radius 2 is 1.93 bits per heavy atom. The molecule has 0 aliphatic heterocycles. The van der Waals surface area contributed by atoms with Gasteiger partial charge < -0.3 is 9.84 Å². The van der Waals surface area contributed by atoms with Crippen molar-refractivity contribution in [1.29, 1.82) is 0 Å². The number of aryl methyl sites for hydroxylation is 1. The van der Waals surface area contributed by atoms with Gasteiger partial charge in [-0.3, -0.25) is 0 Å². The van der Waals surface area contributed by atoms with E-state index < -0.39 is 0 Å². The Hall–Kier alpha value is -1.02. The summed E-state index contributed by atoms with van der Waals surface area (Å²) in [5, 5.41) is 8.68. The quantitative estimate of drug-likeness (QED) is 0.827. The average molecular weight is 208 g/mol. The minimum Gasteiger partial charge on any atom is -0.491 e. The van der Waals surface area contributed by atoms with Crippen molar-refractivity contribution in [2.24, 2.45) is 0 Å². The lowest BCUT2D eigenvalue weighted by Gasteiger charge is -2.20. The molecule has 0 radical (unpaired) electrons. The largest absolute Gasteiger partial charge is 0.491 e. The average Bonchev–Trinajstić information content (AvgIpc) is 2.14. The second-order valence-electron chi connectivity index (χ2n) is 4.80. The maximum absolute atomic E-state index is 8.68. The van der Waals surface area contributed by atoms with Crippen LogP contribution < -0.4 is 4.74 Å². The topological polar surface area (TPSA) is 29.5 Å². The van der Waals surface area contributed by atoms with Crippen LogP contribution in [0.4, 0.5) is 0 Å². The molecule has 0 saturated heterocycles. The van der Waals surface area contributed by atoms with E-state index in [1.807, 2.05) is 13.0 Å². The maximum atomic E-state index is 8.68. The Bertz CT molecular complexity index is 324. The Kier molecular flexibility index (Phi) is 3.75. The van der Waals surface area contributed by atoms with E-state index in [0.29, 0.717) is 6.61 Å². The number of rotatable bonds is 3. The molecule has 0 amide bonds. The van der Waals surface area contributed by atoms with Gasteiger partial charge in [-0.25, -0.2) is 0 Å². The molecule has 2 nitrogen and oxygen atoms in total. The van der Waals surface area contributed by atoms with E-state index in [0.717, 1.165) is 11.3 Å². The van der Waals surface area contributed by atoms with Gasteiger partial charge in [0, 0.05) is 0 Å². The summed E-state index contributed by atoms with van der Waals surface area (Å²) in [4.78, 5) is 0. The second-order valence-corrected chi connectivity index (χ2v) is 4.80. The van der Waals surface area contributed by atoms with E-state index in [-0.39, 0.29) is 12.0 Å². The Morgan fingerprint density at radius 3 is 2.40 bits per heavy atom. The molecule has 0 fully saturated rings. The lowest BCUT2D eigenvalue weighted by atomic mass is 9.86. The SMILES string of the molecule is Cc1cc(C(C)(C)C)ccc1OCCO. The molecule has 15 heavy (non-hydrogen) atoms. The van der Waals surface area contributed by atoms with Crippen molar-refractivity contribution in [2.75, 3.05) is 13.2 Å². The van der Waals surface area contributed by atoms with Crippen molar-refractivity contribution in [3.63, 3.8) is 0 Å². The van der Waals surface area contributed by atoms with Gasteiger partial charge in [0.2, 0.25) is 0 Å². The first-order chi connectivity index (χ1) is 6.95. The fourth-order valence-electron chi connectivity index (χ4n) is 1.43. The molecular weight excluding hydrogens is 188 g/mol. The monoisotopic (exact) mass is 208 g/mol. The summed E-state index contributed by atoms with van der Waals surface area (Å²) in [7, 11) is 0. The maximum Gasteiger partial charge on any atom is 0.122 e. The molecule has 1 N–H and O–H groups in total. The Morgan fingerprint density at radius 1 is 1.27 bits per heavy atom. The molecule has 0 saturated carbocycles. The normalized spacial score (nSPS) is 11.5. The first kappa shape index (κ1) is 12.1. The molecule has 1 rings (SSSR count). The highest BCUT2D eigenvalue weighted by atomic mass is 16.5. The van der Waals surface area contributed by atoms with Crippen LogP contribution in [0.15, 0.2) is 18.2 Å². The molecular formula is C13H20O2. The van der Waals surface area contributed by atoms with Gasteiger partial charge in [-0.1, -0.05) is 32.9 Å². The molecule has 0 heterocycles. The zero-order chi connectivity index (χ0) is 11.5. The number of hydrogen-bond donors (Lipinski definition) is 1. The minimum absolute atomic E-state index is 0.0560. The molecule has 0 aromatic heterocycles. The first-order valence-corrected chi connectivity index (χ1v) is 5.30. The van der Waals surface area contributed by atoms with Gasteiger partial charge in [-0.05, 0) is 29.5 Å². The summed E-state index contributed by atoms with van der Waals surface area (Å²) < 4.78 is 5.40. The molecule has 2 heteroatoms. The van der Waals surface area contributed by atoms with Crippen molar-refractivity contribution >= 4 is 0 Å². The third-order valence-corrected chi connectivity index (χ3v) is 2.39. The highest BCUT2D eigenvalue weighted by Crippen LogP contribution is 2.27. The van der Waals surface area contributed by atoms with Crippen LogP contribution in [-0.4, -0.2) is 18.3 Å². The van der Waals surface area contributed by atoms with Crippen molar-refractivity contribution in [3.05, 3.63) is 29.3 Å². The summed E-state index contributed by atoms with van der Waals surface area (Å²) in [6.07, 6.45) is 0. The van der Waals surface area contributed by atoms with Gasteiger partial charge >= 0.3 is 0 Å².